The number of unbranched alkanes of at least 4 members (excludes halogenated alkanes) is 5. The number of rotatable bonds is 8. The van der Waals surface area contributed by atoms with E-state index in [0.717, 1.165) is 32.0 Å². The molecular formula is C17H22O. The van der Waals surface area contributed by atoms with Crippen LogP contribution in [0.4, 0.5) is 0 Å². The normalized spacial score (nSPS) is 9.83. The Hall–Kier alpha value is -1.73. The van der Waals surface area contributed by atoms with Crippen molar-refractivity contribution in [1.29, 1.82) is 0 Å². The minimum Gasteiger partial charge on any atom is -0.303 e. The molecule has 1 heteroatoms. The summed E-state index contributed by atoms with van der Waals surface area (Å²) in [7, 11) is 0. The van der Waals surface area contributed by atoms with E-state index in [2.05, 4.69) is 35.8 Å². The molecule has 0 unspecified atom stereocenters. The van der Waals surface area contributed by atoms with E-state index in [1.807, 2.05) is 13.0 Å². The quantitative estimate of drug-likeness (QED) is 0.271. The standard InChI is InChI=1S/C17H22O/c1-2-3-4-5-6-7-8-9-10-11-12-13-14-15-16-17-18/h2-3,9-10,17H,8,11-16H2,1H3. The number of hydrogen-bond acceptors (Lipinski definition) is 1. The molecule has 0 amide bonds. The molecule has 0 radical (unpaired) electrons. The molecule has 0 heterocycles. The van der Waals surface area contributed by atoms with Gasteiger partial charge in [0.1, 0.15) is 6.29 Å². The van der Waals surface area contributed by atoms with Crippen LogP contribution in [-0.2, 0) is 4.79 Å². The lowest BCUT2D eigenvalue weighted by Gasteiger charge is -1.95. The van der Waals surface area contributed by atoms with E-state index >= 15 is 0 Å². The monoisotopic (exact) mass is 242 g/mol. The predicted octanol–water partition coefficient (Wildman–Crippen LogP) is 4.06. The molecule has 0 spiro atoms. The number of carbonyl (C=O) groups excluding carboxylic acids is 1. The summed E-state index contributed by atoms with van der Waals surface area (Å²) in [5, 5.41) is 0. The molecule has 0 bridgehead atoms. The van der Waals surface area contributed by atoms with Gasteiger partial charge in [0.05, 0.1) is 0 Å². The van der Waals surface area contributed by atoms with Crippen molar-refractivity contribution in [3.8, 4) is 23.7 Å². The average molecular weight is 242 g/mol. The minimum absolute atomic E-state index is 0.708. The minimum atomic E-state index is 0.708. The molecule has 0 aliphatic heterocycles. The van der Waals surface area contributed by atoms with E-state index in [1.54, 1.807) is 6.08 Å². The van der Waals surface area contributed by atoms with Gasteiger partial charge in [0.15, 0.2) is 0 Å². The van der Waals surface area contributed by atoms with Crippen molar-refractivity contribution < 1.29 is 4.79 Å². The first-order valence-electron chi connectivity index (χ1n) is 6.60. The van der Waals surface area contributed by atoms with E-state index in [4.69, 9.17) is 0 Å². The molecule has 0 aromatic carbocycles. The predicted molar refractivity (Wildman–Crippen MR) is 77.9 cm³/mol. The molecule has 0 atom stereocenters. The van der Waals surface area contributed by atoms with Gasteiger partial charge in [-0.05, 0) is 44.1 Å². The zero-order chi connectivity index (χ0) is 13.3. The van der Waals surface area contributed by atoms with Gasteiger partial charge >= 0.3 is 0 Å². The number of carbonyl (C=O) groups is 1. The Morgan fingerprint density at radius 1 is 0.944 bits per heavy atom. The molecular weight excluding hydrogens is 220 g/mol. The first kappa shape index (κ1) is 16.3. The summed E-state index contributed by atoms with van der Waals surface area (Å²) >= 11 is 0. The Kier molecular flexibility index (Phi) is 13.8. The van der Waals surface area contributed by atoms with Crippen molar-refractivity contribution in [3.63, 3.8) is 0 Å². The average Bonchev–Trinajstić information content (AvgIpc) is 2.39. The Labute approximate surface area is 111 Å². The highest BCUT2D eigenvalue weighted by molar-refractivity contribution is 5.48. The second kappa shape index (κ2) is 15.3. The molecule has 0 aliphatic carbocycles. The fourth-order valence-corrected chi connectivity index (χ4v) is 1.36. The third-order valence-corrected chi connectivity index (χ3v) is 2.30. The maximum absolute atomic E-state index is 10.1. The van der Waals surface area contributed by atoms with Crippen LogP contribution >= 0.6 is 0 Å². The van der Waals surface area contributed by atoms with Crippen molar-refractivity contribution in [1.82, 2.24) is 0 Å². The molecule has 0 fully saturated rings. The molecule has 0 saturated carbocycles. The molecule has 0 saturated heterocycles. The molecule has 18 heavy (non-hydrogen) atoms. The summed E-state index contributed by atoms with van der Waals surface area (Å²) in [5.74, 6) is 11.4. The van der Waals surface area contributed by atoms with Gasteiger partial charge in [-0.15, -0.1) is 0 Å². The largest absolute Gasteiger partial charge is 0.303 e. The lowest BCUT2D eigenvalue weighted by Crippen LogP contribution is -1.79. The summed E-state index contributed by atoms with van der Waals surface area (Å²) in [6.07, 6.45) is 16.1. The van der Waals surface area contributed by atoms with Gasteiger partial charge in [0, 0.05) is 12.8 Å². The SMILES string of the molecule is CC=CC#CC#CCC=CCCCCCCC=O. The van der Waals surface area contributed by atoms with Crippen molar-refractivity contribution in [3.05, 3.63) is 24.3 Å². The highest BCUT2D eigenvalue weighted by Crippen LogP contribution is 2.04. The first-order chi connectivity index (χ1) is 8.91. The van der Waals surface area contributed by atoms with Crippen LogP contribution in [0.3, 0.4) is 0 Å². The Bertz CT molecular complexity index is 366. The lowest BCUT2D eigenvalue weighted by molar-refractivity contribution is -0.107. The molecule has 1 nitrogen and oxygen atoms in total. The highest BCUT2D eigenvalue weighted by atomic mass is 16.1. The van der Waals surface area contributed by atoms with Crippen molar-refractivity contribution >= 4 is 6.29 Å². The second-order valence-electron chi connectivity index (χ2n) is 3.90. The fourth-order valence-electron chi connectivity index (χ4n) is 1.36. The van der Waals surface area contributed by atoms with Gasteiger partial charge in [0.2, 0.25) is 0 Å². The van der Waals surface area contributed by atoms with Gasteiger partial charge in [0.25, 0.3) is 0 Å². The van der Waals surface area contributed by atoms with E-state index < -0.39 is 0 Å². The van der Waals surface area contributed by atoms with Gasteiger partial charge in [-0.3, -0.25) is 0 Å². The van der Waals surface area contributed by atoms with Gasteiger partial charge in [-0.1, -0.05) is 42.9 Å². The fraction of sp³-hybridized carbons (Fsp3) is 0.471. The molecule has 0 aromatic heterocycles. The number of hydrogen-bond donors (Lipinski definition) is 0. The van der Waals surface area contributed by atoms with Gasteiger partial charge < -0.3 is 4.79 Å². The van der Waals surface area contributed by atoms with Crippen LogP contribution in [0.1, 0.15) is 51.9 Å². The van der Waals surface area contributed by atoms with Crippen molar-refractivity contribution in [2.75, 3.05) is 0 Å². The smallest absolute Gasteiger partial charge is 0.119 e. The Morgan fingerprint density at radius 2 is 1.72 bits per heavy atom. The van der Waals surface area contributed by atoms with Crippen molar-refractivity contribution in [2.45, 2.75) is 51.9 Å². The maximum Gasteiger partial charge on any atom is 0.119 e. The summed E-state index contributed by atoms with van der Waals surface area (Å²) in [5.41, 5.74) is 0. The van der Waals surface area contributed by atoms with Crippen LogP contribution in [0, 0.1) is 23.7 Å². The maximum atomic E-state index is 10.1. The Balaban J connectivity index is 3.39. The number of allylic oxidation sites excluding steroid dienone is 4. The highest BCUT2D eigenvalue weighted by Gasteiger charge is 1.87. The van der Waals surface area contributed by atoms with Crippen molar-refractivity contribution in [2.24, 2.45) is 0 Å². The molecule has 0 aliphatic rings. The summed E-state index contributed by atoms with van der Waals surface area (Å²) in [6, 6.07) is 0. The lowest BCUT2D eigenvalue weighted by atomic mass is 10.1. The van der Waals surface area contributed by atoms with Crippen LogP contribution in [0.25, 0.3) is 0 Å². The van der Waals surface area contributed by atoms with Crippen LogP contribution in [0.2, 0.25) is 0 Å². The first-order valence-corrected chi connectivity index (χ1v) is 6.60. The summed E-state index contributed by atoms with van der Waals surface area (Å²) in [6.45, 7) is 1.93. The van der Waals surface area contributed by atoms with Crippen LogP contribution < -0.4 is 0 Å². The third-order valence-electron chi connectivity index (χ3n) is 2.30. The summed E-state index contributed by atoms with van der Waals surface area (Å²) in [4.78, 5) is 10.1. The number of aldehydes is 1. The topological polar surface area (TPSA) is 17.1 Å². The van der Waals surface area contributed by atoms with E-state index in [1.165, 1.54) is 12.8 Å². The summed E-state index contributed by atoms with van der Waals surface area (Å²) < 4.78 is 0. The molecule has 0 aromatic rings. The Morgan fingerprint density at radius 3 is 2.44 bits per heavy atom. The zero-order valence-corrected chi connectivity index (χ0v) is 11.2. The molecule has 0 rings (SSSR count). The van der Waals surface area contributed by atoms with Crippen LogP contribution in [0.5, 0.6) is 0 Å². The van der Waals surface area contributed by atoms with E-state index in [0.29, 0.717) is 6.42 Å². The zero-order valence-electron chi connectivity index (χ0n) is 11.2. The van der Waals surface area contributed by atoms with Gasteiger partial charge in [-0.2, -0.15) is 0 Å². The van der Waals surface area contributed by atoms with E-state index in [-0.39, 0.29) is 0 Å². The van der Waals surface area contributed by atoms with Crippen LogP contribution in [-0.4, -0.2) is 6.29 Å². The van der Waals surface area contributed by atoms with Gasteiger partial charge in [-0.25, -0.2) is 0 Å². The third kappa shape index (κ3) is 14.3. The second-order valence-corrected chi connectivity index (χ2v) is 3.90. The van der Waals surface area contributed by atoms with E-state index in [9.17, 15) is 4.79 Å². The van der Waals surface area contributed by atoms with Crippen LogP contribution in [0.15, 0.2) is 24.3 Å². The molecule has 0 N–H and O–H groups in total. The molecule has 96 valence electrons.